The second-order valence-corrected chi connectivity index (χ2v) is 6.51. The molecular formula is C16H22ClN. The van der Waals surface area contributed by atoms with Crippen LogP contribution in [0.2, 0.25) is 5.02 Å². The van der Waals surface area contributed by atoms with Gasteiger partial charge in [-0.3, -0.25) is 0 Å². The van der Waals surface area contributed by atoms with Crippen LogP contribution in [0.15, 0.2) is 24.3 Å². The number of rotatable bonds is 4. The van der Waals surface area contributed by atoms with Gasteiger partial charge in [-0.1, -0.05) is 36.2 Å². The number of hydrogen-bond acceptors (Lipinski definition) is 1. The molecule has 3 rings (SSSR count). The van der Waals surface area contributed by atoms with Crippen molar-refractivity contribution in [2.45, 2.75) is 45.2 Å². The van der Waals surface area contributed by atoms with Crippen LogP contribution >= 0.6 is 11.6 Å². The van der Waals surface area contributed by atoms with E-state index in [9.17, 15) is 0 Å². The van der Waals surface area contributed by atoms with Gasteiger partial charge in [0.1, 0.15) is 0 Å². The summed E-state index contributed by atoms with van der Waals surface area (Å²) in [5, 5.41) is 4.56. The highest BCUT2D eigenvalue weighted by molar-refractivity contribution is 6.31. The van der Waals surface area contributed by atoms with E-state index in [0.717, 1.165) is 29.3 Å². The molecule has 2 heteroatoms. The molecule has 0 amide bonds. The summed E-state index contributed by atoms with van der Waals surface area (Å²) in [5.74, 6) is 2.92. The summed E-state index contributed by atoms with van der Waals surface area (Å²) in [4.78, 5) is 0. The molecule has 2 bridgehead atoms. The minimum absolute atomic E-state index is 0.622. The zero-order chi connectivity index (χ0) is 12.5. The average Bonchev–Trinajstić information content (AvgIpc) is 2.99. The maximum atomic E-state index is 6.19. The summed E-state index contributed by atoms with van der Waals surface area (Å²) in [6.45, 7) is 3.25. The van der Waals surface area contributed by atoms with Crippen LogP contribution in [0.1, 0.15) is 38.2 Å². The summed E-state index contributed by atoms with van der Waals surface area (Å²) in [7, 11) is 0. The first-order valence-electron chi connectivity index (χ1n) is 7.21. The Bertz CT molecular complexity index is 417. The summed E-state index contributed by atoms with van der Waals surface area (Å²) >= 11 is 6.19. The third kappa shape index (κ3) is 2.44. The fraction of sp³-hybridized carbons (Fsp3) is 0.625. The van der Waals surface area contributed by atoms with Crippen molar-refractivity contribution < 1.29 is 0 Å². The predicted octanol–water partition coefficient (Wildman–Crippen LogP) is 4.25. The van der Waals surface area contributed by atoms with Crippen LogP contribution in [-0.2, 0) is 6.54 Å². The molecule has 2 aliphatic rings. The van der Waals surface area contributed by atoms with Crippen molar-refractivity contribution in [1.29, 1.82) is 0 Å². The van der Waals surface area contributed by atoms with Gasteiger partial charge in [0, 0.05) is 17.6 Å². The first-order chi connectivity index (χ1) is 8.74. The second-order valence-electron chi connectivity index (χ2n) is 6.10. The molecule has 0 saturated heterocycles. The predicted molar refractivity (Wildman–Crippen MR) is 76.7 cm³/mol. The zero-order valence-electron chi connectivity index (χ0n) is 11.0. The number of nitrogens with one attached hydrogen (secondary N) is 1. The Morgan fingerprint density at radius 3 is 2.78 bits per heavy atom. The highest BCUT2D eigenvalue weighted by Crippen LogP contribution is 2.49. The molecule has 2 fully saturated rings. The quantitative estimate of drug-likeness (QED) is 0.856. The lowest BCUT2D eigenvalue weighted by Gasteiger charge is -2.28. The molecule has 0 aliphatic heterocycles. The Hall–Kier alpha value is -0.530. The lowest BCUT2D eigenvalue weighted by molar-refractivity contribution is 0.259. The zero-order valence-corrected chi connectivity index (χ0v) is 11.8. The number of benzene rings is 1. The standard InChI is InChI=1S/C16H22ClN/c1-11(15-9-12-6-7-13(15)8-12)18-10-14-4-2-3-5-16(14)17/h2-5,11-13,15,18H,6-10H2,1H3/t11-,12-,13-,15+/m0/s1. The minimum atomic E-state index is 0.622. The maximum Gasteiger partial charge on any atom is 0.0450 e. The van der Waals surface area contributed by atoms with E-state index in [0.29, 0.717) is 6.04 Å². The number of hydrogen-bond donors (Lipinski definition) is 1. The van der Waals surface area contributed by atoms with E-state index in [1.54, 1.807) is 0 Å². The molecule has 98 valence electrons. The molecule has 2 saturated carbocycles. The van der Waals surface area contributed by atoms with Gasteiger partial charge in [0.15, 0.2) is 0 Å². The average molecular weight is 264 g/mol. The number of fused-ring (bicyclic) bond motifs is 2. The minimum Gasteiger partial charge on any atom is -0.310 e. The van der Waals surface area contributed by atoms with Crippen molar-refractivity contribution in [3.8, 4) is 0 Å². The van der Waals surface area contributed by atoms with E-state index in [1.807, 2.05) is 12.1 Å². The van der Waals surface area contributed by atoms with Crippen LogP contribution in [0.4, 0.5) is 0 Å². The van der Waals surface area contributed by atoms with Crippen LogP contribution < -0.4 is 5.32 Å². The largest absolute Gasteiger partial charge is 0.310 e. The Balaban J connectivity index is 1.56. The lowest BCUT2D eigenvalue weighted by atomic mass is 9.84. The smallest absolute Gasteiger partial charge is 0.0450 e. The molecule has 1 N–H and O–H groups in total. The van der Waals surface area contributed by atoms with Gasteiger partial charge in [0.05, 0.1) is 0 Å². The first kappa shape index (κ1) is 12.5. The SMILES string of the molecule is C[C@H](NCc1ccccc1Cl)[C@H]1C[C@H]2CC[C@H]1C2. The van der Waals surface area contributed by atoms with E-state index in [1.165, 1.54) is 31.2 Å². The van der Waals surface area contributed by atoms with Crippen LogP contribution in [-0.4, -0.2) is 6.04 Å². The van der Waals surface area contributed by atoms with E-state index >= 15 is 0 Å². The molecule has 2 aliphatic carbocycles. The van der Waals surface area contributed by atoms with Gasteiger partial charge in [-0.15, -0.1) is 0 Å². The molecule has 0 radical (unpaired) electrons. The normalized spacial score (nSPS) is 31.8. The molecular weight excluding hydrogens is 242 g/mol. The fourth-order valence-electron chi connectivity index (χ4n) is 3.97. The lowest BCUT2D eigenvalue weighted by Crippen LogP contribution is -2.35. The van der Waals surface area contributed by atoms with Gasteiger partial charge in [-0.25, -0.2) is 0 Å². The fourth-order valence-corrected chi connectivity index (χ4v) is 4.17. The summed E-state index contributed by atoms with van der Waals surface area (Å²) < 4.78 is 0. The second kappa shape index (κ2) is 5.22. The highest BCUT2D eigenvalue weighted by Gasteiger charge is 2.41. The first-order valence-corrected chi connectivity index (χ1v) is 7.58. The third-order valence-electron chi connectivity index (χ3n) is 5.01. The molecule has 18 heavy (non-hydrogen) atoms. The molecule has 1 aromatic rings. The van der Waals surface area contributed by atoms with Gasteiger partial charge in [-0.05, 0) is 55.6 Å². The van der Waals surface area contributed by atoms with Crippen molar-refractivity contribution in [1.82, 2.24) is 5.32 Å². The van der Waals surface area contributed by atoms with Crippen molar-refractivity contribution in [3.63, 3.8) is 0 Å². The van der Waals surface area contributed by atoms with Crippen molar-refractivity contribution in [2.24, 2.45) is 17.8 Å². The molecule has 1 aromatic carbocycles. The Morgan fingerprint density at radius 1 is 1.28 bits per heavy atom. The molecule has 0 heterocycles. The van der Waals surface area contributed by atoms with E-state index < -0.39 is 0 Å². The molecule has 0 aromatic heterocycles. The van der Waals surface area contributed by atoms with Crippen LogP contribution in [0.5, 0.6) is 0 Å². The molecule has 0 unspecified atom stereocenters. The maximum absolute atomic E-state index is 6.19. The Kier molecular flexibility index (Phi) is 3.63. The van der Waals surface area contributed by atoms with Gasteiger partial charge in [-0.2, -0.15) is 0 Å². The van der Waals surface area contributed by atoms with Crippen molar-refractivity contribution in [3.05, 3.63) is 34.9 Å². The van der Waals surface area contributed by atoms with Crippen molar-refractivity contribution in [2.75, 3.05) is 0 Å². The van der Waals surface area contributed by atoms with Crippen LogP contribution in [0.25, 0.3) is 0 Å². The monoisotopic (exact) mass is 263 g/mol. The van der Waals surface area contributed by atoms with E-state index in [2.05, 4.69) is 24.4 Å². The van der Waals surface area contributed by atoms with Gasteiger partial charge in [0.2, 0.25) is 0 Å². The molecule has 4 atom stereocenters. The van der Waals surface area contributed by atoms with E-state index in [4.69, 9.17) is 11.6 Å². The summed E-state index contributed by atoms with van der Waals surface area (Å²) in [6.07, 6.45) is 5.88. The van der Waals surface area contributed by atoms with Crippen LogP contribution in [0.3, 0.4) is 0 Å². The Morgan fingerprint density at radius 2 is 2.11 bits per heavy atom. The summed E-state index contributed by atoms with van der Waals surface area (Å²) in [5.41, 5.74) is 1.22. The topological polar surface area (TPSA) is 12.0 Å². The van der Waals surface area contributed by atoms with E-state index in [-0.39, 0.29) is 0 Å². The van der Waals surface area contributed by atoms with Gasteiger partial charge in [0.25, 0.3) is 0 Å². The van der Waals surface area contributed by atoms with Crippen LogP contribution in [0, 0.1) is 17.8 Å². The molecule has 1 nitrogen and oxygen atoms in total. The molecule has 0 spiro atoms. The third-order valence-corrected chi connectivity index (χ3v) is 5.38. The summed E-state index contributed by atoms with van der Waals surface area (Å²) in [6, 6.07) is 8.76. The van der Waals surface area contributed by atoms with Crippen molar-refractivity contribution >= 4 is 11.6 Å². The Labute approximate surface area is 115 Å². The van der Waals surface area contributed by atoms with Gasteiger partial charge < -0.3 is 5.32 Å². The highest BCUT2D eigenvalue weighted by atomic mass is 35.5. The number of halogens is 1. The van der Waals surface area contributed by atoms with Gasteiger partial charge >= 0.3 is 0 Å².